The molecule has 1 aliphatic heterocycles. The van der Waals surface area contributed by atoms with E-state index in [4.69, 9.17) is 9.72 Å². The first kappa shape index (κ1) is 17.3. The van der Waals surface area contributed by atoms with E-state index in [1.54, 1.807) is 19.5 Å². The maximum atomic E-state index is 11.9. The summed E-state index contributed by atoms with van der Waals surface area (Å²) in [6.07, 6.45) is 3.46. The number of carboxylic acid groups (broad SMARTS) is 1. The second kappa shape index (κ2) is 6.87. The van der Waals surface area contributed by atoms with Crippen molar-refractivity contribution < 1.29 is 14.6 Å². The van der Waals surface area contributed by atoms with Crippen molar-refractivity contribution >= 4 is 22.7 Å². The zero-order valence-corrected chi connectivity index (χ0v) is 15.3. The summed E-state index contributed by atoms with van der Waals surface area (Å²) in [6.45, 7) is 3.05. The van der Waals surface area contributed by atoms with Crippen LogP contribution in [0.5, 0.6) is 5.75 Å². The number of anilines is 1. The van der Waals surface area contributed by atoms with Crippen molar-refractivity contribution in [3.63, 3.8) is 0 Å². The minimum atomic E-state index is -0.790. The summed E-state index contributed by atoms with van der Waals surface area (Å²) in [5.41, 5.74) is 2.83. The van der Waals surface area contributed by atoms with E-state index in [1.165, 1.54) is 0 Å². The van der Waals surface area contributed by atoms with E-state index in [0.717, 1.165) is 33.6 Å². The topological polar surface area (TPSA) is 75.5 Å². The number of carboxylic acids is 1. The fourth-order valence-electron chi connectivity index (χ4n) is 3.87. The number of hydrogen-bond acceptors (Lipinski definition) is 5. The van der Waals surface area contributed by atoms with Crippen molar-refractivity contribution in [3.05, 3.63) is 59.9 Å². The molecule has 0 aliphatic carbocycles. The number of hydrogen-bond donors (Lipinski definition) is 1. The third-order valence-electron chi connectivity index (χ3n) is 5.29. The van der Waals surface area contributed by atoms with Gasteiger partial charge in [0.05, 0.1) is 13.0 Å². The molecule has 1 N–H and O–H groups in total. The Kier molecular flexibility index (Phi) is 4.39. The maximum Gasteiger partial charge on any atom is 0.308 e. The zero-order chi connectivity index (χ0) is 19.0. The first-order chi connectivity index (χ1) is 13.1. The number of aromatic nitrogens is 2. The summed E-state index contributed by atoms with van der Waals surface area (Å²) >= 11 is 0. The number of aryl methyl sites for hydroxylation is 1. The van der Waals surface area contributed by atoms with Crippen LogP contribution in [-0.2, 0) is 4.79 Å². The summed E-state index contributed by atoms with van der Waals surface area (Å²) < 4.78 is 5.47. The van der Waals surface area contributed by atoms with Gasteiger partial charge in [0, 0.05) is 36.8 Å². The number of carbonyl (C=O) groups is 1. The van der Waals surface area contributed by atoms with Gasteiger partial charge in [-0.2, -0.15) is 0 Å². The highest BCUT2D eigenvalue weighted by Crippen LogP contribution is 2.36. The molecule has 1 saturated heterocycles. The molecule has 0 amide bonds. The Morgan fingerprint density at radius 3 is 2.81 bits per heavy atom. The Bertz CT molecular complexity index is 991. The molecule has 1 aliphatic rings. The van der Waals surface area contributed by atoms with E-state index in [9.17, 15) is 9.90 Å². The largest absolute Gasteiger partial charge is 0.494 e. The molecule has 6 heteroatoms. The molecule has 2 aromatic heterocycles. The quantitative estimate of drug-likeness (QED) is 0.767. The molecule has 1 fully saturated rings. The molecule has 1 aromatic carbocycles. The fraction of sp³-hybridized carbons (Fsp3) is 0.286. The molecule has 3 heterocycles. The molecule has 3 aromatic rings. The molecule has 0 spiro atoms. The third-order valence-corrected chi connectivity index (χ3v) is 5.29. The number of fused-ring (bicyclic) bond motifs is 1. The number of benzene rings is 1. The van der Waals surface area contributed by atoms with E-state index in [0.29, 0.717) is 13.1 Å². The highest BCUT2D eigenvalue weighted by Gasteiger charge is 2.39. The van der Waals surface area contributed by atoms with Gasteiger partial charge < -0.3 is 14.7 Å². The van der Waals surface area contributed by atoms with Gasteiger partial charge in [-0.25, -0.2) is 4.98 Å². The lowest BCUT2D eigenvalue weighted by atomic mass is 9.90. The maximum absolute atomic E-state index is 11.9. The Hall–Kier alpha value is -3.15. The van der Waals surface area contributed by atoms with Crippen LogP contribution in [0.3, 0.4) is 0 Å². The van der Waals surface area contributed by atoms with Crippen LogP contribution in [0.4, 0.5) is 5.82 Å². The molecule has 0 unspecified atom stereocenters. The smallest absolute Gasteiger partial charge is 0.308 e. The van der Waals surface area contributed by atoms with Crippen molar-refractivity contribution in [1.29, 1.82) is 0 Å². The summed E-state index contributed by atoms with van der Waals surface area (Å²) in [4.78, 5) is 22.9. The first-order valence-electron chi connectivity index (χ1n) is 8.90. The summed E-state index contributed by atoms with van der Waals surface area (Å²) in [7, 11) is 1.63. The van der Waals surface area contributed by atoms with Gasteiger partial charge in [0.2, 0.25) is 0 Å². The van der Waals surface area contributed by atoms with Crippen molar-refractivity contribution in [2.75, 3.05) is 25.1 Å². The predicted molar refractivity (Wildman–Crippen MR) is 103 cm³/mol. The average molecular weight is 363 g/mol. The van der Waals surface area contributed by atoms with E-state index < -0.39 is 11.9 Å². The summed E-state index contributed by atoms with van der Waals surface area (Å²) in [6, 6.07) is 11.7. The minimum Gasteiger partial charge on any atom is -0.494 e. The van der Waals surface area contributed by atoms with Gasteiger partial charge in [0.15, 0.2) is 0 Å². The van der Waals surface area contributed by atoms with E-state index in [1.807, 2.05) is 43.3 Å². The normalized spacial score (nSPS) is 19.4. The molecular weight excluding hydrogens is 342 g/mol. The lowest BCUT2D eigenvalue weighted by Crippen LogP contribution is -2.23. The average Bonchev–Trinajstić information content (AvgIpc) is 3.14. The highest BCUT2D eigenvalue weighted by molar-refractivity contribution is 5.89. The SMILES string of the molecule is COc1cccc2c(C)cc(N3C[C@H](C(=O)O)[C@@H](c4cccnc4)C3)nc12. The van der Waals surface area contributed by atoms with Crippen molar-refractivity contribution in [3.8, 4) is 5.75 Å². The highest BCUT2D eigenvalue weighted by atomic mass is 16.5. The summed E-state index contributed by atoms with van der Waals surface area (Å²) in [5, 5.41) is 10.8. The number of pyridine rings is 2. The van der Waals surface area contributed by atoms with Gasteiger partial charge in [-0.05, 0) is 36.2 Å². The van der Waals surface area contributed by atoms with E-state index in [-0.39, 0.29) is 5.92 Å². The minimum absolute atomic E-state index is 0.119. The zero-order valence-electron chi connectivity index (χ0n) is 15.3. The molecule has 27 heavy (non-hydrogen) atoms. The lowest BCUT2D eigenvalue weighted by Gasteiger charge is -2.19. The van der Waals surface area contributed by atoms with Crippen LogP contribution in [0.15, 0.2) is 48.8 Å². The van der Waals surface area contributed by atoms with Crippen LogP contribution >= 0.6 is 0 Å². The summed E-state index contributed by atoms with van der Waals surface area (Å²) in [5.74, 6) is 0.0927. The number of methoxy groups -OCH3 is 1. The molecule has 138 valence electrons. The Morgan fingerprint density at radius 1 is 1.26 bits per heavy atom. The molecular formula is C21H21N3O3. The molecule has 0 radical (unpaired) electrons. The third kappa shape index (κ3) is 3.07. The van der Waals surface area contributed by atoms with Crippen LogP contribution < -0.4 is 9.64 Å². The molecule has 4 rings (SSSR count). The predicted octanol–water partition coefficient (Wildman–Crippen LogP) is 3.25. The second-order valence-corrected chi connectivity index (χ2v) is 6.90. The molecule has 2 atom stereocenters. The van der Waals surface area contributed by atoms with Crippen LogP contribution in [-0.4, -0.2) is 41.2 Å². The molecule has 0 bridgehead atoms. The van der Waals surface area contributed by atoms with Crippen molar-refractivity contribution in [2.45, 2.75) is 12.8 Å². The van der Waals surface area contributed by atoms with E-state index >= 15 is 0 Å². The standard InChI is InChI=1S/C21H21N3O3/c1-13-9-19(23-20-15(13)6-3-7-18(20)27-2)24-11-16(17(12-24)21(25)26)14-5-4-8-22-10-14/h3-10,16-17H,11-12H2,1-2H3,(H,25,26)/t16-,17+/m1/s1. The van der Waals surface area contributed by atoms with Gasteiger partial charge in [0.25, 0.3) is 0 Å². The number of rotatable bonds is 4. The van der Waals surface area contributed by atoms with Crippen molar-refractivity contribution in [1.82, 2.24) is 9.97 Å². The van der Waals surface area contributed by atoms with Crippen molar-refractivity contribution in [2.24, 2.45) is 5.92 Å². The number of ether oxygens (including phenoxy) is 1. The monoisotopic (exact) mass is 363 g/mol. The van der Waals surface area contributed by atoms with Crippen LogP contribution in [0.2, 0.25) is 0 Å². The van der Waals surface area contributed by atoms with Gasteiger partial charge in [-0.3, -0.25) is 9.78 Å². The lowest BCUT2D eigenvalue weighted by molar-refractivity contribution is -0.141. The van der Waals surface area contributed by atoms with E-state index in [2.05, 4.69) is 9.88 Å². The van der Waals surface area contributed by atoms with Crippen LogP contribution in [0, 0.1) is 12.8 Å². The van der Waals surface area contributed by atoms with Gasteiger partial charge in [0.1, 0.15) is 17.1 Å². The second-order valence-electron chi connectivity index (χ2n) is 6.90. The van der Waals surface area contributed by atoms with Crippen LogP contribution in [0.25, 0.3) is 10.9 Å². The number of para-hydroxylation sites is 1. The molecule has 6 nitrogen and oxygen atoms in total. The van der Waals surface area contributed by atoms with Crippen LogP contribution in [0.1, 0.15) is 17.0 Å². The Balaban J connectivity index is 1.74. The van der Waals surface area contributed by atoms with Gasteiger partial charge in [-0.1, -0.05) is 18.2 Å². The Morgan fingerprint density at radius 2 is 2.11 bits per heavy atom. The first-order valence-corrected chi connectivity index (χ1v) is 8.90. The number of aliphatic carboxylic acids is 1. The Labute approximate surface area is 157 Å². The fourth-order valence-corrected chi connectivity index (χ4v) is 3.87. The molecule has 0 saturated carbocycles. The van der Waals surface area contributed by atoms with Gasteiger partial charge in [-0.15, -0.1) is 0 Å². The van der Waals surface area contributed by atoms with Gasteiger partial charge >= 0.3 is 5.97 Å². The number of nitrogens with zero attached hydrogens (tertiary/aromatic N) is 3.